The van der Waals surface area contributed by atoms with E-state index in [2.05, 4.69) is 5.32 Å². The number of hydrogen-bond acceptors (Lipinski definition) is 5. The average molecular weight is 455 g/mol. The third-order valence-corrected chi connectivity index (χ3v) is 7.61. The van der Waals surface area contributed by atoms with Gasteiger partial charge < -0.3 is 10.4 Å². The molecule has 6 nitrogen and oxygen atoms in total. The molecule has 0 radical (unpaired) electrons. The first-order valence-corrected chi connectivity index (χ1v) is 10.9. The molecule has 29 heavy (non-hydrogen) atoms. The number of hydrogen-bond donors (Lipinski definition) is 2. The number of amides is 1. The fourth-order valence-electron chi connectivity index (χ4n) is 2.42. The van der Waals surface area contributed by atoms with Crippen LogP contribution in [0.3, 0.4) is 0 Å². The predicted octanol–water partition coefficient (Wildman–Crippen LogP) is 3.90. The van der Waals surface area contributed by atoms with Gasteiger partial charge in [0.25, 0.3) is 5.91 Å². The molecule has 0 aromatic heterocycles. The van der Waals surface area contributed by atoms with Crippen molar-refractivity contribution in [2.24, 2.45) is 0 Å². The Hall–Kier alpha value is -2.11. The van der Waals surface area contributed by atoms with Crippen molar-refractivity contribution >= 4 is 44.6 Å². The summed E-state index contributed by atoms with van der Waals surface area (Å²) < 4.78 is 24.4. The van der Waals surface area contributed by atoms with Crippen LogP contribution in [0.1, 0.15) is 31.9 Å². The number of carbonyl (C=O) groups is 1. The second kappa shape index (κ2) is 8.33. The minimum absolute atomic E-state index is 0.0759. The third-order valence-electron chi connectivity index (χ3n) is 4.38. The summed E-state index contributed by atoms with van der Waals surface area (Å²) in [6.07, 6.45) is 0. The number of benzene rings is 2. The lowest BCUT2D eigenvalue weighted by atomic mass is 9.94. The van der Waals surface area contributed by atoms with Gasteiger partial charge in [-0.25, -0.2) is 8.42 Å². The second-order valence-corrected chi connectivity index (χ2v) is 11.1. The van der Waals surface area contributed by atoms with E-state index >= 15 is 0 Å². The number of nitrogens with zero attached hydrogens (tertiary/aromatic N) is 1. The van der Waals surface area contributed by atoms with E-state index < -0.39 is 31.8 Å². The van der Waals surface area contributed by atoms with Gasteiger partial charge in [-0.05, 0) is 56.7 Å². The number of nitrogens with one attached hydrogen (secondary N) is 1. The fourth-order valence-corrected chi connectivity index (χ4v) is 4.04. The van der Waals surface area contributed by atoms with Crippen molar-refractivity contribution in [2.45, 2.75) is 31.1 Å². The van der Waals surface area contributed by atoms with Gasteiger partial charge in [-0.3, -0.25) is 4.79 Å². The molecule has 2 rings (SSSR count). The van der Waals surface area contributed by atoms with Crippen LogP contribution < -0.4 is 5.32 Å². The van der Waals surface area contributed by atoms with Crippen LogP contribution in [0.5, 0.6) is 0 Å². The Morgan fingerprint density at radius 1 is 1.14 bits per heavy atom. The molecule has 0 bridgehead atoms. The summed E-state index contributed by atoms with van der Waals surface area (Å²) in [5.74, 6) is -1.78. The van der Waals surface area contributed by atoms with Crippen molar-refractivity contribution in [2.75, 3.05) is 11.1 Å². The third kappa shape index (κ3) is 5.09. The lowest BCUT2D eigenvalue weighted by Crippen LogP contribution is -2.49. The van der Waals surface area contributed by atoms with Gasteiger partial charge in [0, 0.05) is 10.7 Å². The Morgan fingerprint density at radius 3 is 2.21 bits per heavy atom. The normalized spacial score (nSPS) is 14.0. The first-order chi connectivity index (χ1) is 13.3. The maximum atomic E-state index is 13.0. The molecule has 0 aliphatic carbocycles. The van der Waals surface area contributed by atoms with Crippen molar-refractivity contribution in [1.29, 1.82) is 5.26 Å². The molecule has 2 aromatic carbocycles. The monoisotopic (exact) mass is 454 g/mol. The summed E-state index contributed by atoms with van der Waals surface area (Å²) in [5, 5.41) is 23.2. The zero-order valence-electron chi connectivity index (χ0n) is 16.0. The molecule has 0 saturated heterocycles. The topological polar surface area (TPSA) is 107 Å². The molecule has 0 heterocycles. The highest BCUT2D eigenvalue weighted by atomic mass is 35.5. The van der Waals surface area contributed by atoms with Gasteiger partial charge >= 0.3 is 0 Å². The fraction of sp³-hybridized carbons (Fsp3) is 0.300. The van der Waals surface area contributed by atoms with Crippen LogP contribution in [0.25, 0.3) is 0 Å². The zero-order chi connectivity index (χ0) is 22.0. The van der Waals surface area contributed by atoms with E-state index in [4.69, 9.17) is 28.5 Å². The van der Waals surface area contributed by atoms with E-state index in [0.29, 0.717) is 5.02 Å². The van der Waals surface area contributed by atoms with E-state index in [1.165, 1.54) is 63.2 Å². The van der Waals surface area contributed by atoms with Gasteiger partial charge in [-0.2, -0.15) is 5.26 Å². The van der Waals surface area contributed by atoms with E-state index in [9.17, 15) is 18.3 Å². The van der Waals surface area contributed by atoms with Crippen molar-refractivity contribution in [3.63, 3.8) is 0 Å². The van der Waals surface area contributed by atoms with Crippen LogP contribution in [-0.4, -0.2) is 29.9 Å². The SMILES string of the molecule is CC(C)(C)S(=O)(=O)CC(O)(C(=O)Nc1ccc(C#N)c(Cl)c1)c1ccc(Cl)cc1. The molecule has 9 heteroatoms. The van der Waals surface area contributed by atoms with E-state index in [-0.39, 0.29) is 21.8 Å². The van der Waals surface area contributed by atoms with E-state index in [0.717, 1.165) is 0 Å². The van der Waals surface area contributed by atoms with Crippen LogP contribution in [0.2, 0.25) is 10.0 Å². The van der Waals surface area contributed by atoms with Crippen molar-refractivity contribution in [3.8, 4) is 6.07 Å². The van der Waals surface area contributed by atoms with E-state index in [1.54, 1.807) is 0 Å². The maximum Gasteiger partial charge on any atom is 0.262 e. The lowest BCUT2D eigenvalue weighted by Gasteiger charge is -2.30. The Bertz CT molecular complexity index is 1070. The molecule has 1 atom stereocenters. The molecule has 0 fully saturated rings. The predicted molar refractivity (Wildman–Crippen MR) is 114 cm³/mol. The van der Waals surface area contributed by atoms with E-state index in [1.807, 2.05) is 6.07 Å². The van der Waals surface area contributed by atoms with Crippen LogP contribution in [0.15, 0.2) is 42.5 Å². The van der Waals surface area contributed by atoms with Crippen molar-refractivity contribution in [3.05, 3.63) is 63.6 Å². The molecule has 2 N–H and O–H groups in total. The minimum Gasteiger partial charge on any atom is -0.374 e. The summed E-state index contributed by atoms with van der Waals surface area (Å²) in [5.41, 5.74) is -1.88. The molecule has 2 aromatic rings. The van der Waals surface area contributed by atoms with Crippen LogP contribution >= 0.6 is 23.2 Å². The van der Waals surface area contributed by atoms with Crippen molar-refractivity contribution in [1.82, 2.24) is 0 Å². The van der Waals surface area contributed by atoms with Crippen LogP contribution in [-0.2, 0) is 20.2 Å². The van der Waals surface area contributed by atoms with Gasteiger partial charge in [0.05, 0.1) is 21.1 Å². The highest BCUT2D eigenvalue weighted by Crippen LogP contribution is 2.31. The largest absolute Gasteiger partial charge is 0.374 e. The zero-order valence-corrected chi connectivity index (χ0v) is 18.4. The molecule has 1 amide bonds. The van der Waals surface area contributed by atoms with Crippen LogP contribution in [0, 0.1) is 11.3 Å². The molecular formula is C20H20Cl2N2O4S. The second-order valence-electron chi connectivity index (χ2n) is 7.50. The molecule has 0 spiro atoms. The van der Waals surface area contributed by atoms with Gasteiger partial charge in [0.1, 0.15) is 6.07 Å². The van der Waals surface area contributed by atoms with Gasteiger partial charge in [0.2, 0.25) is 0 Å². The highest BCUT2D eigenvalue weighted by molar-refractivity contribution is 7.92. The molecule has 1 unspecified atom stereocenters. The number of carbonyl (C=O) groups excluding carboxylic acids is 1. The first kappa shape index (κ1) is 23.2. The molecule has 0 aliphatic rings. The number of sulfone groups is 1. The Labute approximate surface area is 180 Å². The minimum atomic E-state index is -3.88. The Balaban J connectivity index is 2.49. The summed E-state index contributed by atoms with van der Waals surface area (Å²) in [6.45, 7) is 4.47. The summed E-state index contributed by atoms with van der Waals surface area (Å²) in [6, 6.07) is 11.8. The van der Waals surface area contributed by atoms with Gasteiger partial charge in [-0.15, -0.1) is 0 Å². The molecule has 0 aliphatic heterocycles. The summed E-state index contributed by atoms with van der Waals surface area (Å²) in [7, 11) is -3.88. The Morgan fingerprint density at radius 2 is 1.72 bits per heavy atom. The summed E-state index contributed by atoms with van der Waals surface area (Å²) in [4.78, 5) is 13.0. The van der Waals surface area contributed by atoms with Crippen molar-refractivity contribution < 1.29 is 18.3 Å². The number of anilines is 1. The number of rotatable bonds is 5. The van der Waals surface area contributed by atoms with Gasteiger partial charge in [-0.1, -0.05) is 35.3 Å². The Kier molecular flexibility index (Phi) is 6.65. The van der Waals surface area contributed by atoms with Crippen LogP contribution in [0.4, 0.5) is 5.69 Å². The molecule has 0 saturated carbocycles. The number of aliphatic hydroxyl groups is 1. The maximum absolute atomic E-state index is 13.0. The first-order valence-electron chi connectivity index (χ1n) is 8.52. The average Bonchev–Trinajstić information content (AvgIpc) is 2.61. The smallest absolute Gasteiger partial charge is 0.262 e. The number of nitriles is 1. The molecule has 154 valence electrons. The van der Waals surface area contributed by atoms with Gasteiger partial charge in [0.15, 0.2) is 15.4 Å². The lowest BCUT2D eigenvalue weighted by molar-refractivity contribution is -0.132. The highest BCUT2D eigenvalue weighted by Gasteiger charge is 2.45. The quantitative estimate of drug-likeness (QED) is 0.711. The summed E-state index contributed by atoms with van der Waals surface area (Å²) >= 11 is 11.9. The number of halogens is 2. The standard InChI is InChI=1S/C20H20Cl2N2O4S/c1-19(2,3)29(27,28)12-20(26,14-5-7-15(21)8-6-14)18(25)24-16-9-4-13(11-23)17(22)10-16/h4-10,26H,12H2,1-3H3,(H,24,25). The molecular weight excluding hydrogens is 435 g/mol.